The lowest BCUT2D eigenvalue weighted by Crippen LogP contribution is -2.45. The third-order valence-corrected chi connectivity index (χ3v) is 5.60. The van der Waals surface area contributed by atoms with E-state index in [0.29, 0.717) is 37.2 Å². The summed E-state index contributed by atoms with van der Waals surface area (Å²) in [6, 6.07) is 16.6. The molecule has 2 N–H and O–H groups in total. The van der Waals surface area contributed by atoms with E-state index in [0.717, 1.165) is 5.56 Å². The lowest BCUT2D eigenvalue weighted by Gasteiger charge is -2.33. The Kier molecular flexibility index (Phi) is 7.28. The van der Waals surface area contributed by atoms with Crippen LogP contribution in [0.2, 0.25) is 0 Å². The molecule has 2 aromatic carbocycles. The van der Waals surface area contributed by atoms with Gasteiger partial charge in [0.25, 0.3) is 5.91 Å². The summed E-state index contributed by atoms with van der Waals surface area (Å²) in [5, 5.41) is 5.92. The molecule has 3 rings (SSSR count). The fourth-order valence-corrected chi connectivity index (χ4v) is 3.74. The fraction of sp³-hybridized carbons (Fsp3) is 0.375. The van der Waals surface area contributed by atoms with E-state index in [9.17, 15) is 14.4 Å². The van der Waals surface area contributed by atoms with Gasteiger partial charge >= 0.3 is 6.03 Å². The molecule has 7 heteroatoms. The summed E-state index contributed by atoms with van der Waals surface area (Å²) in [4.78, 5) is 41.1. The van der Waals surface area contributed by atoms with Gasteiger partial charge in [-0.3, -0.25) is 9.59 Å². The quantitative estimate of drug-likeness (QED) is 0.774. The highest BCUT2D eigenvalue weighted by molar-refractivity contribution is 6.04. The molecule has 164 valence electrons. The van der Waals surface area contributed by atoms with Crippen molar-refractivity contribution in [2.45, 2.75) is 25.8 Å². The highest BCUT2D eigenvalue weighted by Gasteiger charge is 2.28. The van der Waals surface area contributed by atoms with Gasteiger partial charge in [-0.15, -0.1) is 0 Å². The van der Waals surface area contributed by atoms with E-state index >= 15 is 0 Å². The lowest BCUT2D eigenvalue weighted by atomic mass is 9.95. The summed E-state index contributed by atoms with van der Waals surface area (Å²) >= 11 is 0. The number of nitrogens with one attached hydrogen (secondary N) is 2. The molecule has 0 aliphatic carbocycles. The second kappa shape index (κ2) is 10.1. The van der Waals surface area contributed by atoms with Crippen molar-refractivity contribution in [1.29, 1.82) is 0 Å². The van der Waals surface area contributed by atoms with Crippen molar-refractivity contribution >= 4 is 23.5 Å². The largest absolute Gasteiger partial charge is 0.345 e. The van der Waals surface area contributed by atoms with E-state index in [4.69, 9.17) is 0 Å². The fourth-order valence-electron chi connectivity index (χ4n) is 3.74. The summed E-state index contributed by atoms with van der Waals surface area (Å²) in [6.07, 6.45) is 1.20. The predicted molar refractivity (Wildman–Crippen MR) is 121 cm³/mol. The molecule has 0 unspecified atom stereocenters. The maximum atomic E-state index is 12.9. The Bertz CT molecular complexity index is 921. The van der Waals surface area contributed by atoms with Gasteiger partial charge in [0.2, 0.25) is 5.91 Å². The molecule has 1 atom stereocenters. The van der Waals surface area contributed by atoms with Crippen molar-refractivity contribution in [3.05, 3.63) is 65.7 Å². The Balaban J connectivity index is 1.62. The van der Waals surface area contributed by atoms with Gasteiger partial charge in [-0.2, -0.15) is 0 Å². The van der Waals surface area contributed by atoms with Gasteiger partial charge in [-0.25, -0.2) is 4.79 Å². The van der Waals surface area contributed by atoms with Crippen molar-refractivity contribution in [1.82, 2.24) is 15.1 Å². The number of hydrogen-bond acceptors (Lipinski definition) is 3. The molecule has 0 bridgehead atoms. The highest BCUT2D eigenvalue weighted by Crippen LogP contribution is 2.23. The first-order valence-corrected chi connectivity index (χ1v) is 10.6. The van der Waals surface area contributed by atoms with Gasteiger partial charge in [0, 0.05) is 33.1 Å². The van der Waals surface area contributed by atoms with Gasteiger partial charge in [0.05, 0.1) is 17.3 Å². The number of carbonyl (C=O) groups is 3. The molecule has 1 aliphatic heterocycles. The monoisotopic (exact) mass is 422 g/mol. The Hall–Kier alpha value is -3.35. The zero-order valence-corrected chi connectivity index (χ0v) is 18.3. The zero-order valence-electron chi connectivity index (χ0n) is 18.3. The van der Waals surface area contributed by atoms with Crippen LogP contribution in [0.25, 0.3) is 0 Å². The smallest absolute Gasteiger partial charge is 0.319 e. The number of nitrogens with zero attached hydrogens (tertiary/aromatic N) is 2. The van der Waals surface area contributed by atoms with Crippen molar-refractivity contribution in [2.75, 3.05) is 32.5 Å². The Morgan fingerprint density at radius 1 is 0.968 bits per heavy atom. The molecule has 1 aliphatic rings. The van der Waals surface area contributed by atoms with E-state index in [-0.39, 0.29) is 29.8 Å². The van der Waals surface area contributed by atoms with Crippen LogP contribution in [-0.4, -0.2) is 54.8 Å². The van der Waals surface area contributed by atoms with Crippen LogP contribution in [0.5, 0.6) is 0 Å². The first kappa shape index (κ1) is 22.3. The van der Waals surface area contributed by atoms with Crippen LogP contribution in [0.15, 0.2) is 54.6 Å². The summed E-state index contributed by atoms with van der Waals surface area (Å²) in [6.45, 7) is 3.02. The van der Waals surface area contributed by atoms with Crippen LogP contribution in [0.3, 0.4) is 0 Å². The highest BCUT2D eigenvalue weighted by atomic mass is 16.2. The van der Waals surface area contributed by atoms with Crippen LogP contribution >= 0.6 is 0 Å². The molecule has 1 heterocycles. The van der Waals surface area contributed by atoms with Crippen LogP contribution in [0.4, 0.5) is 10.5 Å². The van der Waals surface area contributed by atoms with E-state index in [2.05, 4.69) is 10.6 Å². The Morgan fingerprint density at radius 3 is 2.23 bits per heavy atom. The zero-order chi connectivity index (χ0) is 22.4. The normalized spacial score (nSPS) is 15.1. The van der Waals surface area contributed by atoms with Crippen LogP contribution in [0.1, 0.15) is 41.7 Å². The number of anilines is 1. The number of carbonyl (C=O) groups excluding carboxylic acids is 3. The number of hydrogen-bond donors (Lipinski definition) is 2. The Morgan fingerprint density at radius 2 is 1.58 bits per heavy atom. The third-order valence-electron chi connectivity index (χ3n) is 5.60. The van der Waals surface area contributed by atoms with Crippen molar-refractivity contribution in [3.8, 4) is 0 Å². The van der Waals surface area contributed by atoms with Crippen molar-refractivity contribution in [2.24, 2.45) is 5.92 Å². The molecule has 4 amide bonds. The first-order chi connectivity index (χ1) is 14.9. The van der Waals surface area contributed by atoms with Crippen LogP contribution in [0, 0.1) is 5.92 Å². The molecular weight excluding hydrogens is 392 g/mol. The molecule has 7 nitrogen and oxygen atoms in total. The average molecular weight is 423 g/mol. The number of rotatable bonds is 5. The van der Waals surface area contributed by atoms with E-state index < -0.39 is 0 Å². The topological polar surface area (TPSA) is 81.8 Å². The summed E-state index contributed by atoms with van der Waals surface area (Å²) < 4.78 is 0. The van der Waals surface area contributed by atoms with Gasteiger partial charge in [-0.05, 0) is 37.5 Å². The van der Waals surface area contributed by atoms with Gasteiger partial charge in [0.1, 0.15) is 0 Å². The van der Waals surface area contributed by atoms with Crippen LogP contribution < -0.4 is 10.6 Å². The molecule has 0 radical (unpaired) electrons. The number of likely N-dealkylation sites (tertiary alicyclic amines) is 1. The average Bonchev–Trinajstić information content (AvgIpc) is 2.79. The maximum Gasteiger partial charge on any atom is 0.319 e. The molecule has 0 spiro atoms. The molecule has 2 aromatic rings. The van der Waals surface area contributed by atoms with E-state index in [1.807, 2.05) is 37.3 Å². The van der Waals surface area contributed by atoms with Gasteiger partial charge in [-0.1, -0.05) is 42.5 Å². The standard InChI is InChI=1S/C24H30N4O3/c1-17(18-9-5-4-6-10-18)25-23(30)20-11-7-8-12-21(20)26-22(29)19-13-15-28(16-14-19)24(31)27(2)3/h4-12,17,19H,13-16H2,1-3H3,(H,25,30)(H,26,29)/t17-/m0/s1. The molecule has 1 fully saturated rings. The maximum absolute atomic E-state index is 12.9. The SMILES string of the molecule is C[C@H](NC(=O)c1ccccc1NC(=O)C1CCN(C(=O)N(C)C)CC1)c1ccccc1. The van der Waals surface area contributed by atoms with E-state index in [1.165, 1.54) is 0 Å². The second-order valence-corrected chi connectivity index (χ2v) is 8.08. The third kappa shape index (κ3) is 5.63. The summed E-state index contributed by atoms with van der Waals surface area (Å²) in [5.74, 6) is -0.544. The minimum absolute atomic E-state index is 0.0339. The minimum Gasteiger partial charge on any atom is -0.345 e. The second-order valence-electron chi connectivity index (χ2n) is 8.08. The van der Waals surface area contributed by atoms with Crippen molar-refractivity contribution < 1.29 is 14.4 Å². The molecular formula is C24H30N4O3. The van der Waals surface area contributed by atoms with Crippen LogP contribution in [-0.2, 0) is 4.79 Å². The number of benzene rings is 2. The summed E-state index contributed by atoms with van der Waals surface area (Å²) in [5.41, 5.74) is 1.94. The number of amides is 4. The molecule has 31 heavy (non-hydrogen) atoms. The predicted octanol–water partition coefficient (Wildman–Crippen LogP) is 3.51. The number of para-hydroxylation sites is 1. The Labute approximate surface area is 183 Å². The van der Waals surface area contributed by atoms with Crippen molar-refractivity contribution in [3.63, 3.8) is 0 Å². The molecule has 1 saturated heterocycles. The molecule has 0 aromatic heterocycles. The number of urea groups is 1. The summed E-state index contributed by atoms with van der Waals surface area (Å²) in [7, 11) is 3.45. The van der Waals surface area contributed by atoms with Gasteiger partial charge < -0.3 is 20.4 Å². The van der Waals surface area contributed by atoms with E-state index in [1.54, 1.807) is 48.2 Å². The minimum atomic E-state index is -0.237. The lowest BCUT2D eigenvalue weighted by molar-refractivity contribution is -0.121. The number of piperidine rings is 1. The van der Waals surface area contributed by atoms with Gasteiger partial charge in [0.15, 0.2) is 0 Å². The molecule has 0 saturated carbocycles. The first-order valence-electron chi connectivity index (χ1n) is 10.6.